The molecule has 0 aromatic heterocycles. The zero-order valence-corrected chi connectivity index (χ0v) is 19.4. The highest BCUT2D eigenvalue weighted by Gasteiger charge is 2.31. The second kappa shape index (κ2) is 10.9. The normalized spacial score (nSPS) is 19.6. The summed E-state index contributed by atoms with van der Waals surface area (Å²) in [5.41, 5.74) is 4.13. The first kappa shape index (κ1) is 24.0. The van der Waals surface area contributed by atoms with Gasteiger partial charge in [0.05, 0.1) is 5.02 Å². The van der Waals surface area contributed by atoms with Crippen LogP contribution in [0.1, 0.15) is 18.4 Å². The molecule has 1 fully saturated rings. The molecule has 2 atom stereocenters. The largest absolute Gasteiger partial charge is 0.491 e. The Hall–Kier alpha value is -2.10. The van der Waals surface area contributed by atoms with Crippen LogP contribution in [0, 0.1) is 5.82 Å². The summed E-state index contributed by atoms with van der Waals surface area (Å²) >= 11 is 11.7. The summed E-state index contributed by atoms with van der Waals surface area (Å²) in [5, 5.41) is 15.9. The van der Waals surface area contributed by atoms with Crippen LogP contribution in [0.2, 0.25) is 10.0 Å². The molecule has 2 aromatic rings. The standard InChI is InChI=1S/C23H26Cl2FN3O4/c24-15-1-4-21-14(9-15)10-22(33-21)23(31)28-16-5-7-29(8-6-16)27-12-17(30)13-32-18-2-3-19(25)20(26)11-18/h1-4,9,11,16-17,22,27,30H,5-8,10,12-13H2,(H,28,31). The number of piperidine rings is 1. The third-order valence-corrected chi connectivity index (χ3v) is 6.26. The number of rotatable bonds is 8. The van der Waals surface area contributed by atoms with E-state index >= 15 is 0 Å². The molecule has 10 heteroatoms. The van der Waals surface area contributed by atoms with Gasteiger partial charge in [0.15, 0.2) is 6.10 Å². The van der Waals surface area contributed by atoms with E-state index in [-0.39, 0.29) is 23.6 Å². The molecule has 4 rings (SSSR count). The lowest BCUT2D eigenvalue weighted by Gasteiger charge is -2.33. The Labute approximate surface area is 201 Å². The first-order valence-corrected chi connectivity index (χ1v) is 11.6. The number of hydrogen-bond donors (Lipinski definition) is 3. The van der Waals surface area contributed by atoms with Crippen LogP contribution in [0.25, 0.3) is 0 Å². The van der Waals surface area contributed by atoms with Crippen molar-refractivity contribution in [1.82, 2.24) is 15.8 Å². The van der Waals surface area contributed by atoms with E-state index in [0.29, 0.717) is 29.5 Å². The van der Waals surface area contributed by atoms with Crippen molar-refractivity contribution in [3.05, 3.63) is 57.8 Å². The number of fused-ring (bicyclic) bond motifs is 1. The van der Waals surface area contributed by atoms with Crippen LogP contribution in [0.4, 0.5) is 4.39 Å². The summed E-state index contributed by atoms with van der Waals surface area (Å²) in [6.07, 6.45) is 0.779. The van der Waals surface area contributed by atoms with Gasteiger partial charge < -0.3 is 19.9 Å². The van der Waals surface area contributed by atoms with Gasteiger partial charge in [-0.2, -0.15) is 0 Å². The topological polar surface area (TPSA) is 83.1 Å². The van der Waals surface area contributed by atoms with Crippen LogP contribution in [-0.4, -0.2) is 60.5 Å². The van der Waals surface area contributed by atoms with Crippen molar-refractivity contribution >= 4 is 29.1 Å². The number of ether oxygens (including phenoxy) is 2. The summed E-state index contributed by atoms with van der Waals surface area (Å²) in [7, 11) is 0. The lowest BCUT2D eigenvalue weighted by Crippen LogP contribution is -2.52. The molecule has 2 aliphatic rings. The predicted octanol–water partition coefficient (Wildman–Crippen LogP) is 2.96. The molecule has 33 heavy (non-hydrogen) atoms. The van der Waals surface area contributed by atoms with E-state index in [1.54, 1.807) is 18.2 Å². The van der Waals surface area contributed by atoms with Crippen molar-refractivity contribution in [2.45, 2.75) is 37.5 Å². The quantitative estimate of drug-likeness (QED) is 0.520. The minimum absolute atomic E-state index is 0.0231. The smallest absolute Gasteiger partial charge is 0.261 e. The number of hydrogen-bond acceptors (Lipinski definition) is 6. The van der Waals surface area contributed by atoms with Gasteiger partial charge in [-0.3, -0.25) is 10.2 Å². The van der Waals surface area contributed by atoms with E-state index in [1.165, 1.54) is 12.1 Å². The minimum Gasteiger partial charge on any atom is -0.491 e. The number of nitrogens with zero attached hydrogens (tertiary/aromatic N) is 1. The molecule has 1 saturated heterocycles. The Balaban J connectivity index is 1.13. The summed E-state index contributed by atoms with van der Waals surface area (Å²) in [5.74, 6) is 0.345. The van der Waals surface area contributed by atoms with Gasteiger partial charge in [0.1, 0.15) is 30.0 Å². The molecule has 1 amide bonds. The molecular formula is C23H26Cl2FN3O4. The van der Waals surface area contributed by atoms with E-state index in [2.05, 4.69) is 10.7 Å². The highest BCUT2D eigenvalue weighted by Crippen LogP contribution is 2.31. The van der Waals surface area contributed by atoms with Gasteiger partial charge in [-0.25, -0.2) is 9.40 Å². The molecule has 0 radical (unpaired) electrons. The lowest BCUT2D eigenvalue weighted by molar-refractivity contribution is -0.128. The SMILES string of the molecule is O=C(NC1CCN(NCC(O)COc2ccc(Cl)c(F)c2)CC1)C1Cc2cc(Cl)ccc2O1. The Morgan fingerprint density at radius 2 is 2.03 bits per heavy atom. The third-order valence-electron chi connectivity index (χ3n) is 5.71. The van der Waals surface area contributed by atoms with Crippen molar-refractivity contribution in [1.29, 1.82) is 0 Å². The van der Waals surface area contributed by atoms with E-state index < -0.39 is 18.0 Å². The van der Waals surface area contributed by atoms with Crippen LogP contribution < -0.4 is 20.2 Å². The Bertz CT molecular complexity index is 988. The molecular weight excluding hydrogens is 472 g/mol. The molecule has 3 N–H and O–H groups in total. The van der Waals surface area contributed by atoms with Crippen molar-refractivity contribution in [3.8, 4) is 11.5 Å². The van der Waals surface area contributed by atoms with Crippen LogP contribution in [-0.2, 0) is 11.2 Å². The zero-order chi connectivity index (χ0) is 23.4. The van der Waals surface area contributed by atoms with Crippen molar-refractivity contribution < 1.29 is 23.8 Å². The fourth-order valence-electron chi connectivity index (χ4n) is 3.89. The average molecular weight is 498 g/mol. The maximum absolute atomic E-state index is 13.4. The molecule has 0 spiro atoms. The fourth-order valence-corrected chi connectivity index (χ4v) is 4.20. The van der Waals surface area contributed by atoms with Gasteiger partial charge in [-0.15, -0.1) is 0 Å². The van der Waals surface area contributed by atoms with Crippen molar-refractivity contribution in [3.63, 3.8) is 0 Å². The average Bonchev–Trinajstić information content (AvgIpc) is 3.23. The third kappa shape index (κ3) is 6.49. The monoisotopic (exact) mass is 497 g/mol. The second-order valence-corrected chi connectivity index (χ2v) is 9.08. The number of aliphatic hydroxyl groups excluding tert-OH is 1. The van der Waals surface area contributed by atoms with Crippen molar-refractivity contribution in [2.24, 2.45) is 0 Å². The Kier molecular flexibility index (Phi) is 7.93. The number of amides is 1. The number of nitrogens with one attached hydrogen (secondary N) is 2. The molecule has 2 aromatic carbocycles. The summed E-state index contributed by atoms with van der Waals surface area (Å²) in [4.78, 5) is 12.6. The van der Waals surface area contributed by atoms with Gasteiger partial charge in [-0.05, 0) is 48.7 Å². The maximum atomic E-state index is 13.4. The number of carbonyl (C=O) groups excluding carboxylic acids is 1. The van der Waals surface area contributed by atoms with E-state index in [0.717, 1.165) is 31.5 Å². The Morgan fingerprint density at radius 3 is 2.79 bits per heavy atom. The first-order chi connectivity index (χ1) is 15.9. The van der Waals surface area contributed by atoms with Crippen LogP contribution >= 0.6 is 23.2 Å². The van der Waals surface area contributed by atoms with Gasteiger partial charge in [0, 0.05) is 43.2 Å². The molecule has 0 bridgehead atoms. The van der Waals surface area contributed by atoms with Gasteiger partial charge in [-0.1, -0.05) is 23.2 Å². The molecule has 0 saturated carbocycles. The van der Waals surface area contributed by atoms with Crippen LogP contribution in [0.5, 0.6) is 11.5 Å². The van der Waals surface area contributed by atoms with E-state index in [9.17, 15) is 14.3 Å². The highest BCUT2D eigenvalue weighted by molar-refractivity contribution is 6.31. The molecule has 178 valence electrons. The van der Waals surface area contributed by atoms with Gasteiger partial charge in [0.25, 0.3) is 5.91 Å². The summed E-state index contributed by atoms with van der Waals surface area (Å²) in [6.45, 7) is 1.77. The van der Waals surface area contributed by atoms with E-state index in [4.69, 9.17) is 32.7 Å². The molecule has 2 unspecified atom stereocenters. The number of halogens is 3. The number of benzene rings is 2. The number of carbonyl (C=O) groups is 1. The van der Waals surface area contributed by atoms with Crippen LogP contribution in [0.15, 0.2) is 36.4 Å². The minimum atomic E-state index is -0.768. The molecule has 2 heterocycles. The predicted molar refractivity (Wildman–Crippen MR) is 123 cm³/mol. The van der Waals surface area contributed by atoms with Gasteiger partial charge >= 0.3 is 0 Å². The lowest BCUT2D eigenvalue weighted by atomic mass is 10.0. The summed E-state index contributed by atoms with van der Waals surface area (Å²) < 4.78 is 24.6. The number of aliphatic hydroxyl groups is 1. The zero-order valence-electron chi connectivity index (χ0n) is 17.9. The fraction of sp³-hybridized carbons (Fsp3) is 0.435. The molecule has 7 nitrogen and oxygen atoms in total. The van der Waals surface area contributed by atoms with Gasteiger partial charge in [0.2, 0.25) is 0 Å². The Morgan fingerprint density at radius 1 is 1.24 bits per heavy atom. The number of hydrazine groups is 1. The maximum Gasteiger partial charge on any atom is 0.261 e. The van der Waals surface area contributed by atoms with E-state index in [1.807, 2.05) is 11.1 Å². The second-order valence-electron chi connectivity index (χ2n) is 8.24. The molecule has 2 aliphatic heterocycles. The van der Waals surface area contributed by atoms with Crippen LogP contribution in [0.3, 0.4) is 0 Å². The van der Waals surface area contributed by atoms with Crippen molar-refractivity contribution in [2.75, 3.05) is 26.2 Å². The first-order valence-electron chi connectivity index (χ1n) is 10.9. The summed E-state index contributed by atoms with van der Waals surface area (Å²) in [6, 6.07) is 9.60. The highest BCUT2D eigenvalue weighted by atomic mass is 35.5. The molecule has 0 aliphatic carbocycles.